The van der Waals surface area contributed by atoms with Gasteiger partial charge >= 0.3 is 0 Å². The first-order chi connectivity index (χ1) is 14.6. The fourth-order valence-corrected chi connectivity index (χ4v) is 5.64. The topological polar surface area (TPSA) is 30.9 Å². The lowest BCUT2D eigenvalue weighted by Crippen LogP contribution is -2.57. The van der Waals surface area contributed by atoms with Crippen LogP contribution in [0.2, 0.25) is 0 Å². The van der Waals surface area contributed by atoms with Crippen LogP contribution in [0.3, 0.4) is 0 Å². The van der Waals surface area contributed by atoms with Crippen LogP contribution in [0.15, 0.2) is 54.6 Å². The van der Waals surface area contributed by atoms with Crippen molar-refractivity contribution in [1.82, 2.24) is 4.90 Å². The number of ether oxygens (including phenoxy) is 3. The molecular weight excluding hydrogens is 374 g/mol. The maximum atomic E-state index is 6.80. The third-order valence-electron chi connectivity index (χ3n) is 7.39. The summed E-state index contributed by atoms with van der Waals surface area (Å²) < 4.78 is 18.2. The van der Waals surface area contributed by atoms with Gasteiger partial charge in [-0.2, -0.15) is 0 Å². The van der Waals surface area contributed by atoms with E-state index >= 15 is 0 Å². The van der Waals surface area contributed by atoms with Crippen LogP contribution in [-0.2, 0) is 0 Å². The van der Waals surface area contributed by atoms with Crippen LogP contribution in [0, 0.1) is 5.92 Å². The van der Waals surface area contributed by atoms with Gasteiger partial charge in [0.25, 0.3) is 0 Å². The molecule has 3 aliphatic rings. The number of rotatable bonds is 2. The first-order valence-electron chi connectivity index (χ1n) is 11.0. The molecule has 0 saturated carbocycles. The number of nitrogens with zero attached hydrogens (tertiary/aromatic N) is 1. The zero-order chi connectivity index (χ0) is 20.3. The minimum absolute atomic E-state index is 0.208. The number of hydrogen-bond donors (Lipinski definition) is 0. The molecule has 4 nitrogen and oxygen atoms in total. The van der Waals surface area contributed by atoms with E-state index < -0.39 is 0 Å². The molecule has 30 heavy (non-hydrogen) atoms. The SMILES string of the molecule is C[C@@H]1[C@H](c2cccc3ccccc23)c2cc3c(cc2O[C@]1(C)N1CCCC1)OCO3. The summed E-state index contributed by atoms with van der Waals surface area (Å²) >= 11 is 0. The Morgan fingerprint density at radius 1 is 0.867 bits per heavy atom. The average molecular weight is 402 g/mol. The van der Waals surface area contributed by atoms with Crippen LogP contribution in [0.1, 0.15) is 43.7 Å². The Labute approximate surface area is 177 Å². The van der Waals surface area contributed by atoms with Crippen LogP contribution in [0.25, 0.3) is 10.8 Å². The maximum absolute atomic E-state index is 6.80. The van der Waals surface area contributed by atoms with Gasteiger partial charge in [0, 0.05) is 36.6 Å². The van der Waals surface area contributed by atoms with Crippen LogP contribution in [0.4, 0.5) is 0 Å². The molecule has 0 bridgehead atoms. The average Bonchev–Trinajstić information content (AvgIpc) is 3.45. The highest BCUT2D eigenvalue weighted by Gasteiger charge is 2.50. The quantitative estimate of drug-likeness (QED) is 0.564. The van der Waals surface area contributed by atoms with Gasteiger partial charge in [-0.3, -0.25) is 4.90 Å². The summed E-state index contributed by atoms with van der Waals surface area (Å²) in [6.45, 7) is 7.06. The molecule has 0 spiro atoms. The standard InChI is InChI=1S/C26H27NO3/c1-17-25(20-11-7-9-18-8-3-4-10-19(18)20)21-14-23-24(29-16-28-23)15-22(21)30-26(17,2)27-12-5-6-13-27/h3-4,7-11,14-15,17,25H,5-6,12-13,16H2,1-2H3/t17-,25-,26+/m1/s1. The fraction of sp³-hybridized carbons (Fsp3) is 0.385. The third kappa shape index (κ3) is 2.56. The molecule has 3 atom stereocenters. The second-order valence-corrected chi connectivity index (χ2v) is 8.93. The molecule has 4 heteroatoms. The third-order valence-corrected chi connectivity index (χ3v) is 7.39. The minimum Gasteiger partial charge on any atom is -0.472 e. The number of benzene rings is 3. The van der Waals surface area contributed by atoms with Gasteiger partial charge in [0.15, 0.2) is 17.2 Å². The Balaban J connectivity index is 1.58. The van der Waals surface area contributed by atoms with Gasteiger partial charge in [-0.15, -0.1) is 0 Å². The van der Waals surface area contributed by atoms with Gasteiger partial charge in [0.1, 0.15) is 5.75 Å². The van der Waals surface area contributed by atoms with E-state index in [0.717, 1.165) is 30.3 Å². The van der Waals surface area contributed by atoms with Crippen molar-refractivity contribution in [2.24, 2.45) is 5.92 Å². The van der Waals surface area contributed by atoms with Gasteiger partial charge in [0.2, 0.25) is 6.79 Å². The molecule has 1 saturated heterocycles. The second-order valence-electron chi connectivity index (χ2n) is 8.93. The molecule has 0 aromatic heterocycles. The Bertz CT molecular complexity index is 1120. The minimum atomic E-state index is -0.362. The van der Waals surface area contributed by atoms with Crippen molar-refractivity contribution in [2.45, 2.75) is 38.3 Å². The van der Waals surface area contributed by atoms with E-state index in [9.17, 15) is 0 Å². The molecule has 0 N–H and O–H groups in total. The first kappa shape index (κ1) is 18.1. The van der Waals surface area contributed by atoms with Crippen molar-refractivity contribution < 1.29 is 14.2 Å². The van der Waals surface area contributed by atoms with E-state index in [1.807, 2.05) is 6.07 Å². The largest absolute Gasteiger partial charge is 0.472 e. The van der Waals surface area contributed by atoms with Crippen molar-refractivity contribution >= 4 is 10.8 Å². The first-order valence-corrected chi connectivity index (χ1v) is 11.0. The molecule has 3 aliphatic heterocycles. The fourth-order valence-electron chi connectivity index (χ4n) is 5.64. The van der Waals surface area contributed by atoms with Gasteiger partial charge in [-0.25, -0.2) is 0 Å². The Kier molecular flexibility index (Phi) is 4.00. The zero-order valence-corrected chi connectivity index (χ0v) is 17.6. The van der Waals surface area contributed by atoms with E-state index in [1.165, 1.54) is 34.7 Å². The Morgan fingerprint density at radius 3 is 2.43 bits per heavy atom. The lowest BCUT2D eigenvalue weighted by atomic mass is 9.72. The van der Waals surface area contributed by atoms with Crippen LogP contribution >= 0.6 is 0 Å². The molecule has 6 rings (SSSR count). The highest BCUT2D eigenvalue weighted by Crippen LogP contribution is 2.54. The van der Waals surface area contributed by atoms with Gasteiger partial charge in [-0.1, -0.05) is 49.4 Å². The molecular formula is C26H27NO3. The molecule has 154 valence electrons. The van der Waals surface area contributed by atoms with E-state index in [4.69, 9.17) is 14.2 Å². The summed E-state index contributed by atoms with van der Waals surface area (Å²) in [5, 5.41) is 2.59. The lowest BCUT2D eigenvalue weighted by molar-refractivity contribution is -0.114. The molecule has 0 unspecified atom stereocenters. The van der Waals surface area contributed by atoms with E-state index in [-0.39, 0.29) is 24.4 Å². The number of likely N-dealkylation sites (tertiary alicyclic amines) is 1. The summed E-state index contributed by atoms with van der Waals surface area (Å²) in [4.78, 5) is 2.53. The molecule has 0 amide bonds. The number of fused-ring (bicyclic) bond motifs is 3. The maximum Gasteiger partial charge on any atom is 0.231 e. The van der Waals surface area contributed by atoms with Crippen molar-refractivity contribution in [3.05, 3.63) is 65.7 Å². The molecule has 3 heterocycles. The summed E-state index contributed by atoms with van der Waals surface area (Å²) in [7, 11) is 0. The summed E-state index contributed by atoms with van der Waals surface area (Å²) in [5.41, 5.74) is 2.19. The predicted molar refractivity (Wildman–Crippen MR) is 117 cm³/mol. The van der Waals surface area contributed by atoms with Crippen molar-refractivity contribution in [2.75, 3.05) is 19.9 Å². The zero-order valence-electron chi connectivity index (χ0n) is 17.6. The summed E-state index contributed by atoms with van der Waals surface area (Å²) in [6, 6.07) is 19.5. The smallest absolute Gasteiger partial charge is 0.231 e. The van der Waals surface area contributed by atoms with E-state index in [1.54, 1.807) is 0 Å². The normalized spacial score (nSPS) is 27.8. The van der Waals surface area contributed by atoms with Crippen LogP contribution in [0.5, 0.6) is 17.2 Å². The molecule has 0 aliphatic carbocycles. The highest BCUT2D eigenvalue weighted by molar-refractivity contribution is 5.87. The molecule has 1 fully saturated rings. The lowest BCUT2D eigenvalue weighted by Gasteiger charge is -2.50. The predicted octanol–water partition coefficient (Wildman–Crippen LogP) is 5.54. The molecule has 3 aromatic rings. The van der Waals surface area contributed by atoms with Crippen molar-refractivity contribution in [3.63, 3.8) is 0 Å². The second kappa shape index (κ2) is 6.64. The Morgan fingerprint density at radius 2 is 1.60 bits per heavy atom. The highest BCUT2D eigenvalue weighted by atomic mass is 16.7. The van der Waals surface area contributed by atoms with Gasteiger partial charge in [-0.05, 0) is 42.2 Å². The van der Waals surface area contributed by atoms with Gasteiger partial charge < -0.3 is 14.2 Å². The monoisotopic (exact) mass is 401 g/mol. The van der Waals surface area contributed by atoms with Crippen molar-refractivity contribution in [1.29, 1.82) is 0 Å². The molecule has 0 radical (unpaired) electrons. The van der Waals surface area contributed by atoms with Crippen LogP contribution in [-0.4, -0.2) is 30.5 Å². The Hall–Kier alpha value is -2.72. The van der Waals surface area contributed by atoms with Crippen molar-refractivity contribution in [3.8, 4) is 17.2 Å². The molecule has 3 aromatic carbocycles. The number of hydrogen-bond acceptors (Lipinski definition) is 4. The van der Waals surface area contributed by atoms with Gasteiger partial charge in [0.05, 0.1) is 0 Å². The summed E-state index contributed by atoms with van der Waals surface area (Å²) in [6.07, 6.45) is 2.47. The van der Waals surface area contributed by atoms with E-state index in [0.29, 0.717) is 0 Å². The van der Waals surface area contributed by atoms with Crippen LogP contribution < -0.4 is 14.2 Å². The van der Waals surface area contributed by atoms with E-state index in [2.05, 4.69) is 67.3 Å². The summed E-state index contributed by atoms with van der Waals surface area (Å²) in [5.74, 6) is 3.00.